The van der Waals surface area contributed by atoms with Gasteiger partial charge in [0, 0.05) is 11.8 Å². The van der Waals surface area contributed by atoms with Crippen molar-refractivity contribution in [3.05, 3.63) is 52.0 Å². The third-order valence-electron chi connectivity index (χ3n) is 2.42. The molecule has 88 valence electrons. The molecule has 0 saturated carbocycles. The van der Waals surface area contributed by atoms with E-state index in [0.29, 0.717) is 5.69 Å². The average Bonchev–Trinajstić information content (AvgIpc) is 2.85. The Kier molecular flexibility index (Phi) is 3.88. The summed E-state index contributed by atoms with van der Waals surface area (Å²) in [4.78, 5) is 15.5. The first-order chi connectivity index (χ1) is 8.29. The molecule has 4 heteroatoms. The van der Waals surface area contributed by atoms with Gasteiger partial charge in [0.05, 0.1) is 12.1 Å². The molecule has 1 aromatic heterocycles. The first-order valence-electron chi connectivity index (χ1n) is 5.36. The highest BCUT2D eigenvalue weighted by Crippen LogP contribution is 2.13. The summed E-state index contributed by atoms with van der Waals surface area (Å²) in [5.74, 6) is -0.368. The maximum absolute atomic E-state index is 11.2. The van der Waals surface area contributed by atoms with Crippen molar-refractivity contribution >= 4 is 17.3 Å². The SMILES string of the molecule is COC(=O)c1csc(CCc2ccccc2)n1. The van der Waals surface area contributed by atoms with Gasteiger partial charge in [0.2, 0.25) is 0 Å². The molecule has 2 rings (SSSR count). The van der Waals surface area contributed by atoms with Gasteiger partial charge in [-0.05, 0) is 12.0 Å². The zero-order chi connectivity index (χ0) is 12.1. The van der Waals surface area contributed by atoms with Crippen LogP contribution in [0.3, 0.4) is 0 Å². The molecule has 0 bridgehead atoms. The number of aromatic nitrogens is 1. The molecule has 0 aliphatic rings. The van der Waals surface area contributed by atoms with Crippen molar-refractivity contribution < 1.29 is 9.53 Å². The zero-order valence-electron chi connectivity index (χ0n) is 9.55. The molecule has 0 fully saturated rings. The van der Waals surface area contributed by atoms with Crippen LogP contribution in [0.5, 0.6) is 0 Å². The number of benzene rings is 1. The lowest BCUT2D eigenvalue weighted by atomic mass is 10.1. The second-order valence-corrected chi connectivity index (χ2v) is 4.55. The van der Waals surface area contributed by atoms with Crippen LogP contribution in [0.1, 0.15) is 21.1 Å². The maximum Gasteiger partial charge on any atom is 0.357 e. The Bertz CT molecular complexity index is 493. The molecule has 1 aromatic carbocycles. The minimum atomic E-state index is -0.368. The van der Waals surface area contributed by atoms with E-state index in [1.807, 2.05) is 18.2 Å². The monoisotopic (exact) mass is 247 g/mol. The lowest BCUT2D eigenvalue weighted by molar-refractivity contribution is 0.0594. The highest BCUT2D eigenvalue weighted by Gasteiger charge is 2.10. The molecule has 3 nitrogen and oxygen atoms in total. The van der Waals surface area contributed by atoms with E-state index in [2.05, 4.69) is 21.9 Å². The van der Waals surface area contributed by atoms with Gasteiger partial charge in [-0.15, -0.1) is 11.3 Å². The van der Waals surface area contributed by atoms with Crippen LogP contribution < -0.4 is 0 Å². The largest absolute Gasteiger partial charge is 0.464 e. The second-order valence-electron chi connectivity index (χ2n) is 3.60. The highest BCUT2D eigenvalue weighted by molar-refractivity contribution is 7.09. The Labute approximate surface area is 104 Å². The number of hydrogen-bond donors (Lipinski definition) is 0. The van der Waals surface area contributed by atoms with Crippen LogP contribution >= 0.6 is 11.3 Å². The number of methoxy groups -OCH3 is 1. The predicted molar refractivity (Wildman–Crippen MR) is 67.3 cm³/mol. The van der Waals surface area contributed by atoms with Crippen LogP contribution in [0.2, 0.25) is 0 Å². The van der Waals surface area contributed by atoms with Crippen molar-refractivity contribution in [3.63, 3.8) is 0 Å². The van der Waals surface area contributed by atoms with E-state index in [1.165, 1.54) is 24.0 Å². The number of nitrogens with zero attached hydrogens (tertiary/aromatic N) is 1. The van der Waals surface area contributed by atoms with Crippen LogP contribution in [-0.2, 0) is 17.6 Å². The summed E-state index contributed by atoms with van der Waals surface area (Å²) in [5, 5.41) is 2.71. The fourth-order valence-corrected chi connectivity index (χ4v) is 2.29. The lowest BCUT2D eigenvalue weighted by Gasteiger charge is -1.97. The molecule has 0 aliphatic heterocycles. The number of carbonyl (C=O) groups is 1. The van der Waals surface area contributed by atoms with E-state index in [4.69, 9.17) is 0 Å². The number of esters is 1. The van der Waals surface area contributed by atoms with Gasteiger partial charge in [0.1, 0.15) is 0 Å². The van der Waals surface area contributed by atoms with Crippen molar-refractivity contribution in [3.8, 4) is 0 Å². The third kappa shape index (κ3) is 3.14. The Hall–Kier alpha value is -1.68. The van der Waals surface area contributed by atoms with Gasteiger partial charge in [0.15, 0.2) is 5.69 Å². The van der Waals surface area contributed by atoms with Crippen molar-refractivity contribution in [1.82, 2.24) is 4.98 Å². The summed E-state index contributed by atoms with van der Waals surface area (Å²) >= 11 is 1.50. The lowest BCUT2D eigenvalue weighted by Crippen LogP contribution is -2.01. The van der Waals surface area contributed by atoms with Crippen LogP contribution in [-0.4, -0.2) is 18.1 Å². The van der Waals surface area contributed by atoms with Gasteiger partial charge < -0.3 is 4.74 Å². The van der Waals surface area contributed by atoms with Crippen LogP contribution in [0.15, 0.2) is 35.7 Å². The number of rotatable bonds is 4. The summed E-state index contributed by atoms with van der Waals surface area (Å²) in [6.45, 7) is 0. The summed E-state index contributed by atoms with van der Waals surface area (Å²) in [6, 6.07) is 10.2. The topological polar surface area (TPSA) is 39.2 Å². The molecule has 1 heterocycles. The second kappa shape index (κ2) is 5.59. The van der Waals surface area contributed by atoms with Gasteiger partial charge in [-0.2, -0.15) is 0 Å². The zero-order valence-corrected chi connectivity index (χ0v) is 10.4. The molecular formula is C13H13NO2S. The van der Waals surface area contributed by atoms with Gasteiger partial charge >= 0.3 is 5.97 Å². The predicted octanol–water partition coefficient (Wildman–Crippen LogP) is 2.71. The molecule has 0 amide bonds. The minimum absolute atomic E-state index is 0.368. The first kappa shape index (κ1) is 11.8. The molecule has 0 aliphatic carbocycles. The summed E-state index contributed by atoms with van der Waals surface area (Å²) < 4.78 is 4.62. The molecule has 0 unspecified atom stereocenters. The number of thiazole rings is 1. The Morgan fingerprint density at radius 1 is 1.29 bits per heavy atom. The van der Waals surface area contributed by atoms with Crippen molar-refractivity contribution in [1.29, 1.82) is 0 Å². The molecule has 17 heavy (non-hydrogen) atoms. The molecule has 2 aromatic rings. The Morgan fingerprint density at radius 2 is 2.06 bits per heavy atom. The van der Waals surface area contributed by atoms with Crippen molar-refractivity contribution in [2.45, 2.75) is 12.8 Å². The summed E-state index contributed by atoms with van der Waals surface area (Å²) in [5.41, 5.74) is 1.68. The normalized spacial score (nSPS) is 10.2. The van der Waals surface area contributed by atoms with Gasteiger partial charge in [-0.1, -0.05) is 30.3 Å². The molecule has 0 atom stereocenters. The van der Waals surface area contributed by atoms with Crippen LogP contribution in [0.25, 0.3) is 0 Å². The van der Waals surface area contributed by atoms with Gasteiger partial charge in [-0.25, -0.2) is 9.78 Å². The highest BCUT2D eigenvalue weighted by atomic mass is 32.1. The number of carbonyl (C=O) groups excluding carboxylic acids is 1. The van der Waals surface area contributed by atoms with Gasteiger partial charge in [0.25, 0.3) is 0 Å². The van der Waals surface area contributed by atoms with Crippen molar-refractivity contribution in [2.24, 2.45) is 0 Å². The fraction of sp³-hybridized carbons (Fsp3) is 0.231. The smallest absolute Gasteiger partial charge is 0.357 e. The van der Waals surface area contributed by atoms with E-state index >= 15 is 0 Å². The quantitative estimate of drug-likeness (QED) is 0.780. The number of hydrogen-bond acceptors (Lipinski definition) is 4. The third-order valence-corrected chi connectivity index (χ3v) is 3.33. The maximum atomic E-state index is 11.2. The Morgan fingerprint density at radius 3 is 2.76 bits per heavy atom. The Balaban J connectivity index is 1.96. The van der Waals surface area contributed by atoms with E-state index in [1.54, 1.807) is 5.38 Å². The molecule has 0 radical (unpaired) electrons. The van der Waals surface area contributed by atoms with Gasteiger partial charge in [-0.3, -0.25) is 0 Å². The average molecular weight is 247 g/mol. The van der Waals surface area contributed by atoms with E-state index in [-0.39, 0.29) is 5.97 Å². The van der Waals surface area contributed by atoms with Crippen LogP contribution in [0, 0.1) is 0 Å². The minimum Gasteiger partial charge on any atom is -0.464 e. The van der Waals surface area contributed by atoms with E-state index in [0.717, 1.165) is 17.8 Å². The first-order valence-corrected chi connectivity index (χ1v) is 6.24. The van der Waals surface area contributed by atoms with Crippen molar-refractivity contribution in [2.75, 3.05) is 7.11 Å². The summed E-state index contributed by atoms with van der Waals surface area (Å²) in [6.07, 6.45) is 1.79. The molecular weight excluding hydrogens is 234 g/mol. The molecule has 0 spiro atoms. The summed E-state index contributed by atoms with van der Waals surface area (Å²) in [7, 11) is 1.37. The molecule has 0 saturated heterocycles. The number of ether oxygens (including phenoxy) is 1. The standard InChI is InChI=1S/C13H13NO2S/c1-16-13(15)11-9-17-12(14-11)8-7-10-5-3-2-4-6-10/h2-6,9H,7-8H2,1H3. The fourth-order valence-electron chi connectivity index (χ4n) is 1.52. The number of aryl methyl sites for hydroxylation is 2. The van der Waals surface area contributed by atoms with E-state index < -0.39 is 0 Å². The van der Waals surface area contributed by atoms with Crippen LogP contribution in [0.4, 0.5) is 0 Å². The van der Waals surface area contributed by atoms with E-state index in [9.17, 15) is 4.79 Å². The molecule has 0 N–H and O–H groups in total.